The number of carbonyl (C=O) groups is 1. The number of nitrogens with zero attached hydrogens (tertiary/aromatic N) is 2. The van der Waals surface area contributed by atoms with Crippen molar-refractivity contribution in [2.24, 2.45) is 5.41 Å². The summed E-state index contributed by atoms with van der Waals surface area (Å²) in [5.41, 5.74) is 2.06. The van der Waals surface area contributed by atoms with Crippen molar-refractivity contribution in [1.82, 2.24) is 9.55 Å². The lowest BCUT2D eigenvalue weighted by atomic mass is 9.92. The molecule has 1 aromatic carbocycles. The summed E-state index contributed by atoms with van der Waals surface area (Å²) in [5.74, 6) is 0.754. The van der Waals surface area contributed by atoms with Gasteiger partial charge < -0.3 is 4.57 Å². The number of para-hydroxylation sites is 2. The molecule has 1 aromatic heterocycles. The largest absolute Gasteiger partial charge is 0.307 e. The van der Waals surface area contributed by atoms with E-state index in [1.54, 1.807) is 0 Å². The van der Waals surface area contributed by atoms with Gasteiger partial charge in [0.05, 0.1) is 11.0 Å². The maximum Gasteiger partial charge on any atom is 0.227 e. The minimum Gasteiger partial charge on any atom is -0.307 e. The van der Waals surface area contributed by atoms with Crippen LogP contribution in [0.2, 0.25) is 0 Å². The molecule has 22 heavy (non-hydrogen) atoms. The van der Waals surface area contributed by atoms with Crippen molar-refractivity contribution < 1.29 is 4.79 Å². The number of anilines is 1. The summed E-state index contributed by atoms with van der Waals surface area (Å²) < 4.78 is 2.24. The van der Waals surface area contributed by atoms with E-state index >= 15 is 0 Å². The van der Waals surface area contributed by atoms with Crippen LogP contribution in [0.1, 0.15) is 58.9 Å². The molecule has 1 aliphatic carbocycles. The Balaban J connectivity index is 1.94. The van der Waals surface area contributed by atoms with Crippen LogP contribution in [0, 0.1) is 5.41 Å². The molecule has 0 bridgehead atoms. The Morgan fingerprint density at radius 1 is 1.27 bits per heavy atom. The van der Waals surface area contributed by atoms with E-state index < -0.39 is 0 Å². The van der Waals surface area contributed by atoms with E-state index in [1.165, 1.54) is 25.7 Å². The van der Waals surface area contributed by atoms with Crippen molar-refractivity contribution >= 4 is 22.9 Å². The van der Waals surface area contributed by atoms with E-state index in [4.69, 9.17) is 0 Å². The molecular weight excluding hydrogens is 274 g/mol. The first kappa shape index (κ1) is 15.1. The number of benzene rings is 1. The molecule has 1 saturated carbocycles. The van der Waals surface area contributed by atoms with Crippen LogP contribution in [-0.2, 0) is 4.79 Å². The molecule has 1 aliphatic rings. The number of rotatable bonds is 3. The van der Waals surface area contributed by atoms with Gasteiger partial charge in [-0.1, -0.05) is 45.7 Å². The van der Waals surface area contributed by atoms with Crippen LogP contribution < -0.4 is 5.32 Å². The molecule has 4 heteroatoms. The number of hydrogen-bond donors (Lipinski definition) is 1. The van der Waals surface area contributed by atoms with Gasteiger partial charge in [0.1, 0.15) is 0 Å². The summed E-state index contributed by atoms with van der Waals surface area (Å²) in [4.78, 5) is 17.0. The second kappa shape index (κ2) is 5.75. The lowest BCUT2D eigenvalue weighted by Gasteiger charge is -2.19. The smallest absolute Gasteiger partial charge is 0.227 e. The highest BCUT2D eigenvalue weighted by Crippen LogP contribution is 2.35. The zero-order chi connectivity index (χ0) is 15.7. The summed E-state index contributed by atoms with van der Waals surface area (Å²) in [7, 11) is 0. The zero-order valence-corrected chi connectivity index (χ0v) is 13.7. The Bertz CT molecular complexity index is 675. The molecule has 0 atom stereocenters. The topological polar surface area (TPSA) is 46.9 Å². The summed E-state index contributed by atoms with van der Waals surface area (Å²) in [6.07, 6.45) is 5.35. The maximum atomic E-state index is 12.3. The van der Waals surface area contributed by atoms with Gasteiger partial charge in [-0.15, -0.1) is 0 Å². The number of fused-ring (bicyclic) bond motifs is 1. The fraction of sp³-hybridized carbons (Fsp3) is 0.556. The van der Waals surface area contributed by atoms with Crippen molar-refractivity contribution in [2.75, 3.05) is 5.32 Å². The summed E-state index contributed by atoms with van der Waals surface area (Å²) in [6.45, 7) is 6.23. The second-order valence-electron chi connectivity index (χ2n) is 7.52. The number of carbonyl (C=O) groups excluding carboxylic acids is 1. The second-order valence-corrected chi connectivity index (χ2v) is 7.52. The molecule has 0 aliphatic heterocycles. The van der Waals surface area contributed by atoms with Crippen molar-refractivity contribution in [2.45, 2.75) is 58.9 Å². The van der Waals surface area contributed by atoms with Crippen molar-refractivity contribution in [1.29, 1.82) is 0 Å². The molecule has 0 unspecified atom stereocenters. The zero-order valence-electron chi connectivity index (χ0n) is 13.7. The Labute approximate surface area is 131 Å². The highest BCUT2D eigenvalue weighted by molar-refractivity contribution is 5.92. The van der Waals surface area contributed by atoms with E-state index in [-0.39, 0.29) is 11.3 Å². The van der Waals surface area contributed by atoms with E-state index in [2.05, 4.69) is 41.7 Å². The minimum absolute atomic E-state index is 0.0196. The number of imidazole rings is 1. The van der Waals surface area contributed by atoms with Crippen LogP contribution >= 0.6 is 0 Å². The number of aromatic nitrogens is 2. The van der Waals surface area contributed by atoms with Gasteiger partial charge >= 0.3 is 0 Å². The molecule has 0 radical (unpaired) electrons. The minimum atomic E-state index is -0.0196. The fourth-order valence-corrected chi connectivity index (χ4v) is 3.32. The summed E-state index contributed by atoms with van der Waals surface area (Å²) >= 11 is 0. The first-order valence-electron chi connectivity index (χ1n) is 8.21. The standard InChI is InChI=1S/C18H25N3O/c1-18(2,3)12-16(22)20-17-19-14-10-6-7-11-15(14)21(17)13-8-4-5-9-13/h6-7,10-11,13H,4-5,8-9,12H2,1-3H3,(H,19,20,22). The molecule has 1 heterocycles. The van der Waals surface area contributed by atoms with E-state index in [9.17, 15) is 4.79 Å². The molecule has 1 N–H and O–H groups in total. The van der Waals surface area contributed by atoms with Gasteiger partial charge in [0.25, 0.3) is 0 Å². The average Bonchev–Trinajstić information content (AvgIpc) is 3.01. The molecular formula is C18H25N3O. The van der Waals surface area contributed by atoms with Gasteiger partial charge in [-0.2, -0.15) is 0 Å². The highest BCUT2D eigenvalue weighted by Gasteiger charge is 2.24. The monoisotopic (exact) mass is 299 g/mol. The Morgan fingerprint density at radius 3 is 2.64 bits per heavy atom. The van der Waals surface area contributed by atoms with Crippen LogP contribution in [-0.4, -0.2) is 15.5 Å². The van der Waals surface area contributed by atoms with Gasteiger partial charge in [-0.3, -0.25) is 10.1 Å². The Kier molecular flexibility index (Phi) is 3.94. The third kappa shape index (κ3) is 3.16. The van der Waals surface area contributed by atoms with Gasteiger partial charge in [0, 0.05) is 12.5 Å². The molecule has 2 aromatic rings. The lowest BCUT2D eigenvalue weighted by molar-refractivity contribution is -0.117. The predicted octanol–water partition coefficient (Wildman–Crippen LogP) is 4.53. The van der Waals surface area contributed by atoms with E-state index in [0.717, 1.165) is 11.0 Å². The molecule has 118 valence electrons. The highest BCUT2D eigenvalue weighted by atomic mass is 16.1. The predicted molar refractivity (Wildman–Crippen MR) is 89.9 cm³/mol. The third-order valence-electron chi connectivity index (χ3n) is 4.23. The molecule has 1 fully saturated rings. The van der Waals surface area contributed by atoms with Crippen LogP contribution in [0.15, 0.2) is 24.3 Å². The Hall–Kier alpha value is -1.84. The van der Waals surface area contributed by atoms with E-state index in [1.807, 2.05) is 18.2 Å². The van der Waals surface area contributed by atoms with Crippen molar-refractivity contribution in [3.63, 3.8) is 0 Å². The van der Waals surface area contributed by atoms with Crippen molar-refractivity contribution in [3.05, 3.63) is 24.3 Å². The van der Waals surface area contributed by atoms with Gasteiger partial charge in [-0.05, 0) is 30.4 Å². The number of nitrogens with one attached hydrogen (secondary N) is 1. The summed E-state index contributed by atoms with van der Waals surface area (Å²) in [5, 5.41) is 3.05. The molecule has 3 rings (SSSR count). The molecule has 0 spiro atoms. The Morgan fingerprint density at radius 2 is 1.95 bits per heavy atom. The maximum absolute atomic E-state index is 12.3. The number of amides is 1. The quantitative estimate of drug-likeness (QED) is 0.905. The lowest BCUT2D eigenvalue weighted by Crippen LogP contribution is -2.22. The fourth-order valence-electron chi connectivity index (χ4n) is 3.32. The first-order chi connectivity index (χ1) is 10.4. The average molecular weight is 299 g/mol. The van der Waals surface area contributed by atoms with E-state index in [0.29, 0.717) is 18.4 Å². The van der Waals surface area contributed by atoms with Crippen molar-refractivity contribution in [3.8, 4) is 0 Å². The van der Waals surface area contributed by atoms with Gasteiger partial charge in [0.2, 0.25) is 11.9 Å². The first-order valence-corrected chi connectivity index (χ1v) is 8.21. The van der Waals surface area contributed by atoms with Crippen LogP contribution in [0.4, 0.5) is 5.95 Å². The van der Waals surface area contributed by atoms with Crippen LogP contribution in [0.5, 0.6) is 0 Å². The summed E-state index contributed by atoms with van der Waals surface area (Å²) in [6, 6.07) is 8.60. The molecule has 1 amide bonds. The van der Waals surface area contributed by atoms with Gasteiger partial charge in [-0.25, -0.2) is 4.98 Å². The third-order valence-corrected chi connectivity index (χ3v) is 4.23. The van der Waals surface area contributed by atoms with Crippen LogP contribution in [0.25, 0.3) is 11.0 Å². The molecule has 0 saturated heterocycles. The molecule has 4 nitrogen and oxygen atoms in total. The SMILES string of the molecule is CC(C)(C)CC(=O)Nc1nc2ccccc2n1C1CCCC1. The van der Waals surface area contributed by atoms with Gasteiger partial charge in [0.15, 0.2) is 0 Å². The normalized spacial score (nSPS) is 16.3. The van der Waals surface area contributed by atoms with Crippen LogP contribution in [0.3, 0.4) is 0 Å². The number of hydrogen-bond acceptors (Lipinski definition) is 2.